The number of rotatable bonds is 6. The molecule has 8 nitrogen and oxygen atoms in total. The zero-order valence-electron chi connectivity index (χ0n) is 16.5. The summed E-state index contributed by atoms with van der Waals surface area (Å²) in [6.07, 6.45) is 3.21. The summed E-state index contributed by atoms with van der Waals surface area (Å²) in [6.45, 7) is 5.28. The van der Waals surface area contributed by atoms with Gasteiger partial charge in [0.25, 0.3) is 0 Å². The second-order valence-corrected chi connectivity index (χ2v) is 8.59. The largest absolute Gasteiger partial charge is 0.477 e. The number of nitrogens with zero attached hydrogens (tertiary/aromatic N) is 1. The SMILES string of the molecule is CC(C)(C)OC(=O)C(N)CNc1cc2c(=O)c(C(=O)O)cn(C3CC3)c2cc1Cl. The molecule has 0 radical (unpaired) electrons. The number of carbonyl (C=O) groups is 2. The van der Waals surface area contributed by atoms with Crippen LogP contribution in [0.2, 0.25) is 5.02 Å². The Balaban J connectivity index is 1.92. The van der Waals surface area contributed by atoms with Crippen LogP contribution >= 0.6 is 11.6 Å². The number of hydrogen-bond donors (Lipinski definition) is 3. The van der Waals surface area contributed by atoms with Gasteiger partial charge in [-0.2, -0.15) is 0 Å². The second kappa shape index (κ2) is 7.68. The Morgan fingerprint density at radius 2 is 2.03 bits per heavy atom. The van der Waals surface area contributed by atoms with Gasteiger partial charge in [0.15, 0.2) is 0 Å². The number of aromatic carboxylic acids is 1. The molecule has 0 saturated heterocycles. The highest BCUT2D eigenvalue weighted by atomic mass is 35.5. The molecule has 0 bridgehead atoms. The Hall–Kier alpha value is -2.58. The number of nitrogens with one attached hydrogen (secondary N) is 1. The molecule has 1 unspecified atom stereocenters. The van der Waals surface area contributed by atoms with Crippen LogP contribution in [0.25, 0.3) is 10.9 Å². The Morgan fingerprint density at radius 3 is 2.59 bits per heavy atom. The molecule has 0 aliphatic heterocycles. The van der Waals surface area contributed by atoms with Gasteiger partial charge < -0.3 is 25.5 Å². The number of carbonyl (C=O) groups excluding carboxylic acids is 1. The number of pyridine rings is 1. The molecule has 1 atom stereocenters. The fourth-order valence-electron chi connectivity index (χ4n) is 2.99. The highest BCUT2D eigenvalue weighted by molar-refractivity contribution is 6.34. The van der Waals surface area contributed by atoms with E-state index in [1.807, 2.05) is 0 Å². The normalized spacial score (nSPS) is 15.2. The van der Waals surface area contributed by atoms with Crippen molar-refractivity contribution in [3.05, 3.63) is 39.1 Å². The molecule has 9 heteroatoms. The third-order valence-corrected chi connectivity index (χ3v) is 4.83. The van der Waals surface area contributed by atoms with Gasteiger partial charge in [0.1, 0.15) is 17.2 Å². The summed E-state index contributed by atoms with van der Waals surface area (Å²) in [6, 6.07) is 2.36. The number of halogens is 1. The second-order valence-electron chi connectivity index (χ2n) is 8.19. The number of carboxylic acid groups (broad SMARTS) is 1. The third-order valence-electron chi connectivity index (χ3n) is 4.51. The van der Waals surface area contributed by atoms with E-state index in [-0.39, 0.29) is 23.5 Å². The molecule has 1 aliphatic carbocycles. The van der Waals surface area contributed by atoms with Crippen molar-refractivity contribution in [2.45, 2.75) is 51.3 Å². The number of fused-ring (bicyclic) bond motifs is 1. The minimum absolute atomic E-state index is 0.0373. The molecule has 1 aromatic carbocycles. The molecular weight excluding hydrogens is 398 g/mol. The van der Waals surface area contributed by atoms with Crippen molar-refractivity contribution in [1.29, 1.82) is 0 Å². The van der Waals surface area contributed by atoms with E-state index < -0.39 is 29.0 Å². The van der Waals surface area contributed by atoms with E-state index in [1.54, 1.807) is 31.4 Å². The molecule has 156 valence electrons. The summed E-state index contributed by atoms with van der Waals surface area (Å²) < 4.78 is 7.04. The van der Waals surface area contributed by atoms with Crippen LogP contribution in [0.3, 0.4) is 0 Å². The molecule has 4 N–H and O–H groups in total. The smallest absolute Gasteiger partial charge is 0.341 e. The zero-order chi connectivity index (χ0) is 21.5. The van der Waals surface area contributed by atoms with Gasteiger partial charge >= 0.3 is 11.9 Å². The average molecular weight is 422 g/mol. The minimum Gasteiger partial charge on any atom is -0.477 e. The van der Waals surface area contributed by atoms with Gasteiger partial charge in [-0.15, -0.1) is 0 Å². The molecule has 29 heavy (non-hydrogen) atoms. The molecule has 0 spiro atoms. The van der Waals surface area contributed by atoms with Crippen LogP contribution in [0, 0.1) is 0 Å². The summed E-state index contributed by atoms with van der Waals surface area (Å²) in [5.74, 6) is -1.84. The maximum atomic E-state index is 12.7. The minimum atomic E-state index is -1.28. The van der Waals surface area contributed by atoms with Crippen molar-refractivity contribution in [1.82, 2.24) is 4.57 Å². The van der Waals surface area contributed by atoms with Crippen LogP contribution in [-0.4, -0.2) is 39.8 Å². The first kappa shape index (κ1) is 21.1. The fourth-order valence-corrected chi connectivity index (χ4v) is 3.22. The first-order valence-corrected chi connectivity index (χ1v) is 9.69. The number of carboxylic acids is 1. The maximum Gasteiger partial charge on any atom is 0.341 e. The summed E-state index contributed by atoms with van der Waals surface area (Å²) in [5, 5.41) is 12.9. The van der Waals surface area contributed by atoms with E-state index in [1.165, 1.54) is 12.3 Å². The number of ether oxygens (including phenoxy) is 1. The molecule has 3 rings (SSSR count). The van der Waals surface area contributed by atoms with E-state index in [0.29, 0.717) is 16.2 Å². The lowest BCUT2D eigenvalue weighted by atomic mass is 10.1. The van der Waals surface area contributed by atoms with Crippen molar-refractivity contribution in [2.75, 3.05) is 11.9 Å². The number of aromatic nitrogens is 1. The van der Waals surface area contributed by atoms with Crippen LogP contribution < -0.4 is 16.5 Å². The number of hydrogen-bond acceptors (Lipinski definition) is 6. The lowest BCUT2D eigenvalue weighted by molar-refractivity contribution is -0.156. The van der Waals surface area contributed by atoms with Gasteiger partial charge in [0.05, 0.1) is 16.2 Å². The molecule has 1 heterocycles. The Bertz CT molecular complexity index is 1040. The van der Waals surface area contributed by atoms with E-state index in [0.717, 1.165) is 12.8 Å². The number of benzene rings is 1. The van der Waals surface area contributed by atoms with Gasteiger partial charge in [-0.25, -0.2) is 4.79 Å². The predicted molar refractivity (Wildman–Crippen MR) is 111 cm³/mol. The van der Waals surface area contributed by atoms with Crippen LogP contribution in [0.4, 0.5) is 5.69 Å². The van der Waals surface area contributed by atoms with Crippen molar-refractivity contribution in [2.24, 2.45) is 5.73 Å². The van der Waals surface area contributed by atoms with Gasteiger partial charge in [0.2, 0.25) is 5.43 Å². The Kier molecular flexibility index (Phi) is 5.60. The summed E-state index contributed by atoms with van der Waals surface area (Å²) in [7, 11) is 0. The summed E-state index contributed by atoms with van der Waals surface area (Å²) >= 11 is 6.37. The fraction of sp³-hybridized carbons (Fsp3) is 0.450. The van der Waals surface area contributed by atoms with Crippen LogP contribution in [0.5, 0.6) is 0 Å². The molecule has 2 aromatic rings. The monoisotopic (exact) mass is 421 g/mol. The molecule has 1 aliphatic rings. The van der Waals surface area contributed by atoms with E-state index in [2.05, 4.69) is 5.32 Å². The standard InChI is InChI=1S/C20H24ClN3O5/c1-20(2,3)29-19(28)14(22)8-23-15-6-11-16(7-13(15)21)24(10-4-5-10)9-12(17(11)25)18(26)27/h6-7,9-10,14,23H,4-5,8,22H2,1-3H3,(H,26,27). The van der Waals surface area contributed by atoms with E-state index in [4.69, 9.17) is 22.1 Å². The highest BCUT2D eigenvalue weighted by Gasteiger charge is 2.27. The first-order valence-electron chi connectivity index (χ1n) is 9.32. The van der Waals surface area contributed by atoms with Crippen molar-refractivity contribution in [3.63, 3.8) is 0 Å². The molecule has 1 saturated carbocycles. The lowest BCUT2D eigenvalue weighted by Crippen LogP contribution is -2.41. The average Bonchev–Trinajstić information content (AvgIpc) is 3.43. The van der Waals surface area contributed by atoms with Crippen molar-refractivity contribution < 1.29 is 19.4 Å². The van der Waals surface area contributed by atoms with Crippen LogP contribution in [-0.2, 0) is 9.53 Å². The van der Waals surface area contributed by atoms with Gasteiger partial charge in [-0.1, -0.05) is 11.6 Å². The molecule has 1 fully saturated rings. The van der Waals surface area contributed by atoms with Crippen LogP contribution in [0.15, 0.2) is 23.1 Å². The van der Waals surface area contributed by atoms with Gasteiger partial charge in [-0.05, 0) is 45.7 Å². The number of nitrogens with two attached hydrogens (primary N) is 1. The quantitative estimate of drug-likeness (QED) is 0.612. The zero-order valence-corrected chi connectivity index (χ0v) is 17.2. The Morgan fingerprint density at radius 1 is 1.38 bits per heavy atom. The molecular formula is C20H24ClN3O5. The van der Waals surface area contributed by atoms with Gasteiger partial charge in [0, 0.05) is 24.2 Å². The topological polar surface area (TPSA) is 124 Å². The first-order chi connectivity index (χ1) is 13.5. The van der Waals surface area contributed by atoms with Crippen molar-refractivity contribution in [3.8, 4) is 0 Å². The predicted octanol–water partition coefficient (Wildman–Crippen LogP) is 2.77. The molecule has 1 aromatic heterocycles. The van der Waals surface area contributed by atoms with Gasteiger partial charge in [-0.3, -0.25) is 9.59 Å². The lowest BCUT2D eigenvalue weighted by Gasteiger charge is -2.22. The highest BCUT2D eigenvalue weighted by Crippen LogP contribution is 2.38. The Labute approximate surface area is 172 Å². The number of anilines is 1. The molecule has 0 amide bonds. The van der Waals surface area contributed by atoms with Crippen molar-refractivity contribution >= 4 is 40.1 Å². The number of esters is 1. The summed E-state index contributed by atoms with van der Waals surface area (Å²) in [4.78, 5) is 36.2. The summed E-state index contributed by atoms with van der Waals surface area (Å²) in [5.41, 5.74) is 5.32. The maximum absolute atomic E-state index is 12.7. The third kappa shape index (κ3) is 4.71. The van der Waals surface area contributed by atoms with Crippen LogP contribution in [0.1, 0.15) is 50.0 Å². The van der Waals surface area contributed by atoms with E-state index in [9.17, 15) is 19.5 Å². The van der Waals surface area contributed by atoms with E-state index >= 15 is 0 Å².